The summed E-state index contributed by atoms with van der Waals surface area (Å²) in [5.74, 6) is 0.940. The maximum atomic E-state index is 5.98. The van der Waals surface area contributed by atoms with Crippen molar-refractivity contribution in [2.45, 2.75) is 39.0 Å². The molecule has 28 heavy (non-hydrogen) atoms. The van der Waals surface area contributed by atoms with Crippen molar-refractivity contribution >= 4 is 37.5 Å². The van der Waals surface area contributed by atoms with E-state index in [1.165, 1.54) is 53.8 Å². The van der Waals surface area contributed by atoms with Crippen molar-refractivity contribution in [1.29, 1.82) is 0 Å². The summed E-state index contributed by atoms with van der Waals surface area (Å²) in [7, 11) is 2.22. The maximum Gasteiger partial charge on any atom is 0.120 e. The van der Waals surface area contributed by atoms with Crippen molar-refractivity contribution in [1.82, 2.24) is 9.27 Å². The van der Waals surface area contributed by atoms with Gasteiger partial charge in [0.2, 0.25) is 0 Å². The van der Waals surface area contributed by atoms with E-state index < -0.39 is 0 Å². The highest BCUT2D eigenvalue weighted by atomic mass is 79.9. The summed E-state index contributed by atoms with van der Waals surface area (Å²) in [5, 5.41) is 1.19. The van der Waals surface area contributed by atoms with Crippen molar-refractivity contribution in [3.05, 3.63) is 46.9 Å². The number of hydrogen-bond acceptors (Lipinski definition) is 4. The molecule has 5 heteroatoms. The Hall–Kier alpha value is -1.43. The van der Waals surface area contributed by atoms with Gasteiger partial charge in [-0.15, -0.1) is 0 Å². The zero-order chi connectivity index (χ0) is 19.8. The fourth-order valence-electron chi connectivity index (χ4n) is 3.24. The molecule has 0 fully saturated rings. The number of benzene rings is 2. The Kier molecular flexibility index (Phi) is 8.31. The lowest BCUT2D eigenvalue weighted by Gasteiger charge is -2.16. The van der Waals surface area contributed by atoms with E-state index in [0.29, 0.717) is 0 Å². The van der Waals surface area contributed by atoms with Crippen LogP contribution in [0.3, 0.4) is 0 Å². The molecular formula is C23H29BrN2OS. The minimum Gasteiger partial charge on any atom is -0.494 e. The highest BCUT2D eigenvalue weighted by Crippen LogP contribution is 2.33. The summed E-state index contributed by atoms with van der Waals surface area (Å²) in [5.41, 5.74) is 2.19. The molecule has 0 aliphatic carbocycles. The summed E-state index contributed by atoms with van der Waals surface area (Å²) in [6.07, 6.45) is 6.19. The first-order valence-corrected chi connectivity index (χ1v) is 11.7. The van der Waals surface area contributed by atoms with Crippen molar-refractivity contribution in [3.8, 4) is 17.0 Å². The monoisotopic (exact) mass is 460 g/mol. The lowest BCUT2D eigenvalue weighted by Crippen LogP contribution is -2.21. The number of aromatic nitrogens is 1. The summed E-state index contributed by atoms with van der Waals surface area (Å²) in [4.78, 5) is 2.43. The Morgan fingerprint density at radius 3 is 2.50 bits per heavy atom. The number of halogens is 1. The van der Waals surface area contributed by atoms with Crippen LogP contribution < -0.4 is 4.74 Å². The van der Waals surface area contributed by atoms with Crippen LogP contribution in [0.2, 0.25) is 0 Å². The van der Waals surface area contributed by atoms with Gasteiger partial charge in [0.25, 0.3) is 0 Å². The summed E-state index contributed by atoms with van der Waals surface area (Å²) in [6, 6.07) is 14.6. The second kappa shape index (κ2) is 10.9. The zero-order valence-corrected chi connectivity index (χ0v) is 19.2. The standard InChI is InChI=1S/C23H29BrN2OS/c1-3-4-5-14-26(2)15-6-7-16-27-20-12-13-21-22(17-20)28-25-23(21)18-8-10-19(24)11-9-18/h8-13,17H,3-7,14-16H2,1-2H3. The molecule has 0 bridgehead atoms. The summed E-state index contributed by atoms with van der Waals surface area (Å²) in [6.45, 7) is 5.38. The lowest BCUT2D eigenvalue weighted by molar-refractivity contribution is 0.276. The van der Waals surface area contributed by atoms with Gasteiger partial charge in [-0.25, -0.2) is 0 Å². The molecule has 0 saturated heterocycles. The molecule has 3 rings (SSSR count). The van der Waals surface area contributed by atoms with Gasteiger partial charge in [-0.2, -0.15) is 4.37 Å². The van der Waals surface area contributed by atoms with Crippen LogP contribution in [0, 0.1) is 0 Å². The minimum atomic E-state index is 0.771. The number of fused-ring (bicyclic) bond motifs is 1. The van der Waals surface area contributed by atoms with Gasteiger partial charge in [0.05, 0.1) is 17.0 Å². The first-order valence-electron chi connectivity index (χ1n) is 10.1. The molecule has 0 aliphatic rings. The minimum absolute atomic E-state index is 0.771. The van der Waals surface area contributed by atoms with E-state index in [9.17, 15) is 0 Å². The number of unbranched alkanes of at least 4 members (excludes halogenated alkanes) is 3. The number of ether oxygens (including phenoxy) is 1. The van der Waals surface area contributed by atoms with Crippen LogP contribution in [0.1, 0.15) is 39.0 Å². The van der Waals surface area contributed by atoms with E-state index in [-0.39, 0.29) is 0 Å². The van der Waals surface area contributed by atoms with Crippen molar-refractivity contribution < 1.29 is 4.74 Å². The van der Waals surface area contributed by atoms with Gasteiger partial charge in [-0.3, -0.25) is 0 Å². The first-order chi connectivity index (χ1) is 13.7. The molecule has 0 saturated carbocycles. The topological polar surface area (TPSA) is 25.4 Å². The van der Waals surface area contributed by atoms with E-state index in [1.807, 2.05) is 0 Å². The van der Waals surface area contributed by atoms with Crippen molar-refractivity contribution in [3.63, 3.8) is 0 Å². The average molecular weight is 461 g/mol. The number of nitrogens with zero attached hydrogens (tertiary/aromatic N) is 2. The Labute approximate surface area is 181 Å². The smallest absolute Gasteiger partial charge is 0.120 e. The van der Waals surface area contributed by atoms with Gasteiger partial charge in [-0.1, -0.05) is 47.8 Å². The zero-order valence-electron chi connectivity index (χ0n) is 16.8. The molecule has 1 aromatic heterocycles. The van der Waals surface area contributed by atoms with Crippen LogP contribution in [-0.2, 0) is 0 Å². The molecular weight excluding hydrogens is 432 g/mol. The van der Waals surface area contributed by atoms with E-state index in [1.54, 1.807) is 0 Å². The van der Waals surface area contributed by atoms with E-state index in [2.05, 4.69) is 81.6 Å². The average Bonchev–Trinajstić information content (AvgIpc) is 3.12. The number of rotatable bonds is 11. The molecule has 0 aliphatic heterocycles. The highest BCUT2D eigenvalue weighted by molar-refractivity contribution is 9.10. The second-order valence-corrected chi connectivity index (χ2v) is 8.98. The fraction of sp³-hybridized carbons (Fsp3) is 0.435. The predicted molar refractivity (Wildman–Crippen MR) is 125 cm³/mol. The molecule has 3 nitrogen and oxygen atoms in total. The van der Waals surface area contributed by atoms with Crippen LogP contribution in [0.5, 0.6) is 5.75 Å². The lowest BCUT2D eigenvalue weighted by atomic mass is 10.1. The van der Waals surface area contributed by atoms with E-state index in [4.69, 9.17) is 4.74 Å². The molecule has 0 N–H and O–H groups in total. The predicted octanol–water partition coefficient (Wildman–Crippen LogP) is 7.01. The molecule has 0 unspecified atom stereocenters. The Balaban J connectivity index is 1.48. The quantitative estimate of drug-likeness (QED) is 0.287. The Morgan fingerprint density at radius 2 is 1.75 bits per heavy atom. The summed E-state index contributed by atoms with van der Waals surface area (Å²) >= 11 is 5.02. The molecule has 0 amide bonds. The third kappa shape index (κ3) is 6.03. The van der Waals surface area contributed by atoms with Gasteiger partial charge in [-0.05, 0) is 81.3 Å². The van der Waals surface area contributed by atoms with Gasteiger partial charge in [0.1, 0.15) is 5.75 Å². The van der Waals surface area contributed by atoms with Gasteiger partial charge < -0.3 is 9.64 Å². The van der Waals surface area contributed by atoms with Crippen LogP contribution in [0.4, 0.5) is 0 Å². The third-order valence-electron chi connectivity index (χ3n) is 4.91. The molecule has 2 aromatic carbocycles. The molecule has 1 heterocycles. The highest BCUT2D eigenvalue weighted by Gasteiger charge is 2.09. The third-order valence-corrected chi connectivity index (χ3v) is 6.24. The molecule has 150 valence electrons. The molecule has 0 atom stereocenters. The normalized spacial score (nSPS) is 11.4. The molecule has 3 aromatic rings. The maximum absolute atomic E-state index is 5.98. The van der Waals surface area contributed by atoms with Gasteiger partial charge >= 0.3 is 0 Å². The number of hydrogen-bond donors (Lipinski definition) is 0. The largest absolute Gasteiger partial charge is 0.494 e. The SMILES string of the molecule is CCCCCN(C)CCCCOc1ccc2c(-c3ccc(Br)cc3)nsc2c1. The van der Waals surface area contributed by atoms with Crippen molar-refractivity contribution in [2.24, 2.45) is 0 Å². The van der Waals surface area contributed by atoms with Gasteiger partial charge in [0, 0.05) is 15.4 Å². The van der Waals surface area contributed by atoms with Crippen LogP contribution in [0.25, 0.3) is 21.3 Å². The first kappa shape index (κ1) is 21.3. The van der Waals surface area contributed by atoms with Gasteiger partial charge in [0.15, 0.2) is 0 Å². The van der Waals surface area contributed by atoms with E-state index in [0.717, 1.165) is 41.1 Å². The fourth-order valence-corrected chi connectivity index (χ4v) is 4.33. The summed E-state index contributed by atoms with van der Waals surface area (Å²) < 4.78 is 12.9. The Bertz CT molecular complexity index is 863. The molecule has 0 spiro atoms. The Morgan fingerprint density at radius 1 is 1.00 bits per heavy atom. The van der Waals surface area contributed by atoms with E-state index >= 15 is 0 Å². The molecule has 0 radical (unpaired) electrons. The van der Waals surface area contributed by atoms with Crippen molar-refractivity contribution in [2.75, 3.05) is 26.7 Å². The van der Waals surface area contributed by atoms with Crippen LogP contribution in [0.15, 0.2) is 46.9 Å². The van der Waals surface area contributed by atoms with Crippen LogP contribution >= 0.6 is 27.5 Å². The second-order valence-electron chi connectivity index (χ2n) is 7.26. The van der Waals surface area contributed by atoms with Crippen LogP contribution in [-0.4, -0.2) is 36.0 Å².